The molecule has 0 radical (unpaired) electrons. The maximum Gasteiger partial charge on any atom is 0.416 e. The first-order valence-corrected chi connectivity index (χ1v) is 7.82. The van der Waals surface area contributed by atoms with Gasteiger partial charge in [0.15, 0.2) is 0 Å². The van der Waals surface area contributed by atoms with Gasteiger partial charge in [0.05, 0.1) is 5.56 Å². The Labute approximate surface area is 151 Å². The number of hydrogen-bond acceptors (Lipinski definition) is 4. The van der Waals surface area contributed by atoms with Gasteiger partial charge >= 0.3 is 6.18 Å². The summed E-state index contributed by atoms with van der Waals surface area (Å²) >= 11 is 0. The minimum absolute atomic E-state index is 0.00663. The Morgan fingerprint density at radius 1 is 1.15 bits per heavy atom. The van der Waals surface area contributed by atoms with Crippen LogP contribution >= 0.6 is 0 Å². The first-order valence-electron chi connectivity index (χ1n) is 7.82. The van der Waals surface area contributed by atoms with E-state index in [-0.39, 0.29) is 22.8 Å². The lowest BCUT2D eigenvalue weighted by atomic mass is 10.1. The Morgan fingerprint density at radius 2 is 1.89 bits per heavy atom. The van der Waals surface area contributed by atoms with Gasteiger partial charge in [-0.15, -0.1) is 0 Å². The third kappa shape index (κ3) is 4.30. The lowest BCUT2D eigenvalue weighted by Gasteiger charge is -2.09. The summed E-state index contributed by atoms with van der Waals surface area (Å²) in [6.45, 7) is 1.56. The highest BCUT2D eigenvalue weighted by molar-refractivity contribution is 5.94. The van der Waals surface area contributed by atoms with Gasteiger partial charge in [-0.05, 0) is 37.3 Å². The van der Waals surface area contributed by atoms with E-state index in [4.69, 9.17) is 4.52 Å². The van der Waals surface area contributed by atoms with Crippen molar-refractivity contribution < 1.29 is 26.9 Å². The molecule has 0 aliphatic heterocycles. The maximum absolute atomic E-state index is 13.2. The normalized spacial score (nSPS) is 12.6. The molecular formula is C18H13F4N3O2. The molecule has 0 saturated heterocycles. The van der Waals surface area contributed by atoms with Crippen LogP contribution in [-0.2, 0) is 6.18 Å². The average molecular weight is 379 g/mol. The van der Waals surface area contributed by atoms with Crippen molar-refractivity contribution in [2.24, 2.45) is 0 Å². The van der Waals surface area contributed by atoms with Crippen LogP contribution in [0.15, 0.2) is 53.1 Å². The number of benzene rings is 2. The van der Waals surface area contributed by atoms with E-state index in [9.17, 15) is 22.4 Å². The van der Waals surface area contributed by atoms with E-state index < -0.39 is 29.5 Å². The fourth-order valence-corrected chi connectivity index (χ4v) is 2.33. The Bertz CT molecular complexity index is 969. The standard InChI is InChI=1S/C18H13F4N3O2/c1-10(23-16(26)12-5-3-7-14(19)9-12)17-24-15(25-27-17)11-4-2-6-13(8-11)18(20,21)22/h2-10H,1H3,(H,23,26)/t10-/m0/s1. The van der Waals surface area contributed by atoms with E-state index in [0.29, 0.717) is 0 Å². The number of halogens is 4. The van der Waals surface area contributed by atoms with Crippen molar-refractivity contribution in [3.05, 3.63) is 71.4 Å². The van der Waals surface area contributed by atoms with E-state index >= 15 is 0 Å². The van der Waals surface area contributed by atoms with E-state index in [1.807, 2.05) is 0 Å². The van der Waals surface area contributed by atoms with Gasteiger partial charge < -0.3 is 9.84 Å². The summed E-state index contributed by atoms with van der Waals surface area (Å²) in [5.74, 6) is -1.14. The number of nitrogens with one attached hydrogen (secondary N) is 1. The smallest absolute Gasteiger partial charge is 0.341 e. The first-order chi connectivity index (χ1) is 12.7. The van der Waals surface area contributed by atoms with E-state index in [0.717, 1.165) is 18.2 Å². The lowest BCUT2D eigenvalue weighted by Crippen LogP contribution is -2.26. The molecule has 5 nitrogen and oxygen atoms in total. The van der Waals surface area contributed by atoms with Crippen molar-refractivity contribution in [3.63, 3.8) is 0 Å². The van der Waals surface area contributed by atoms with Gasteiger partial charge in [0.25, 0.3) is 5.91 Å². The molecule has 1 atom stereocenters. The topological polar surface area (TPSA) is 68.0 Å². The second-order valence-corrected chi connectivity index (χ2v) is 5.74. The Hall–Kier alpha value is -3.23. The van der Waals surface area contributed by atoms with Crippen molar-refractivity contribution in [2.75, 3.05) is 0 Å². The summed E-state index contributed by atoms with van der Waals surface area (Å²) < 4.78 is 56.7. The molecule has 1 heterocycles. The molecule has 0 aliphatic carbocycles. The number of carbonyl (C=O) groups excluding carboxylic acids is 1. The highest BCUT2D eigenvalue weighted by atomic mass is 19.4. The number of rotatable bonds is 4. The van der Waals surface area contributed by atoms with Crippen molar-refractivity contribution in [1.29, 1.82) is 0 Å². The van der Waals surface area contributed by atoms with E-state index in [1.165, 1.54) is 30.3 Å². The minimum atomic E-state index is -4.49. The van der Waals surface area contributed by atoms with Gasteiger partial charge in [0.2, 0.25) is 11.7 Å². The van der Waals surface area contributed by atoms with Crippen LogP contribution in [0.25, 0.3) is 11.4 Å². The number of hydrogen-bond donors (Lipinski definition) is 1. The lowest BCUT2D eigenvalue weighted by molar-refractivity contribution is -0.137. The van der Waals surface area contributed by atoms with Crippen molar-refractivity contribution in [1.82, 2.24) is 15.5 Å². The molecular weight excluding hydrogens is 366 g/mol. The van der Waals surface area contributed by atoms with Gasteiger partial charge in [-0.2, -0.15) is 18.2 Å². The molecule has 0 bridgehead atoms. The fraction of sp³-hybridized carbons (Fsp3) is 0.167. The van der Waals surface area contributed by atoms with Crippen molar-refractivity contribution in [2.45, 2.75) is 19.1 Å². The predicted molar refractivity (Wildman–Crippen MR) is 87.0 cm³/mol. The molecule has 2 aromatic carbocycles. The average Bonchev–Trinajstić information content (AvgIpc) is 3.11. The number of alkyl halides is 3. The number of nitrogens with zero attached hydrogens (tertiary/aromatic N) is 2. The third-order valence-corrected chi connectivity index (χ3v) is 3.69. The summed E-state index contributed by atoms with van der Waals surface area (Å²) in [6.07, 6.45) is -4.49. The van der Waals surface area contributed by atoms with Crippen LogP contribution in [0.4, 0.5) is 17.6 Å². The van der Waals surface area contributed by atoms with Crippen molar-refractivity contribution in [3.8, 4) is 11.4 Å². The van der Waals surface area contributed by atoms with Gasteiger partial charge in [0.1, 0.15) is 11.9 Å². The van der Waals surface area contributed by atoms with Crippen LogP contribution in [0.2, 0.25) is 0 Å². The quantitative estimate of drug-likeness (QED) is 0.683. The minimum Gasteiger partial charge on any atom is -0.341 e. The largest absolute Gasteiger partial charge is 0.416 e. The Morgan fingerprint density at radius 3 is 2.59 bits per heavy atom. The first kappa shape index (κ1) is 18.6. The fourth-order valence-electron chi connectivity index (χ4n) is 2.33. The summed E-state index contributed by atoms with van der Waals surface area (Å²) in [4.78, 5) is 16.2. The Balaban J connectivity index is 1.76. The molecule has 0 saturated carbocycles. The van der Waals surface area contributed by atoms with Crippen LogP contribution in [0, 0.1) is 5.82 Å². The molecule has 140 valence electrons. The van der Waals surface area contributed by atoms with Gasteiger partial charge in [-0.3, -0.25) is 4.79 Å². The van der Waals surface area contributed by atoms with Gasteiger partial charge in [-0.25, -0.2) is 4.39 Å². The number of carbonyl (C=O) groups is 1. The zero-order chi connectivity index (χ0) is 19.6. The predicted octanol–water partition coefficient (Wildman–Crippen LogP) is 4.39. The van der Waals surface area contributed by atoms with Crippen LogP contribution in [0.5, 0.6) is 0 Å². The van der Waals surface area contributed by atoms with Crippen LogP contribution in [0.3, 0.4) is 0 Å². The van der Waals surface area contributed by atoms with Crippen LogP contribution in [0.1, 0.15) is 34.8 Å². The Kier molecular flexibility index (Phi) is 4.93. The number of aromatic nitrogens is 2. The number of amides is 1. The summed E-state index contributed by atoms with van der Waals surface area (Å²) in [5.41, 5.74) is -0.596. The van der Waals surface area contributed by atoms with E-state index in [1.54, 1.807) is 6.92 Å². The van der Waals surface area contributed by atoms with Crippen LogP contribution < -0.4 is 5.32 Å². The molecule has 0 fully saturated rings. The van der Waals surface area contributed by atoms with E-state index in [2.05, 4.69) is 15.5 Å². The summed E-state index contributed by atoms with van der Waals surface area (Å²) in [5, 5.41) is 6.22. The van der Waals surface area contributed by atoms with Crippen LogP contribution in [-0.4, -0.2) is 16.0 Å². The highest BCUT2D eigenvalue weighted by Gasteiger charge is 2.31. The zero-order valence-corrected chi connectivity index (χ0v) is 13.9. The molecule has 3 rings (SSSR count). The molecule has 0 aliphatic rings. The monoisotopic (exact) mass is 379 g/mol. The molecule has 1 amide bonds. The maximum atomic E-state index is 13.2. The van der Waals surface area contributed by atoms with Crippen molar-refractivity contribution >= 4 is 5.91 Å². The second kappa shape index (κ2) is 7.18. The summed E-state index contributed by atoms with van der Waals surface area (Å²) in [6, 6.07) is 8.89. The third-order valence-electron chi connectivity index (χ3n) is 3.69. The van der Waals surface area contributed by atoms with Gasteiger partial charge in [-0.1, -0.05) is 23.4 Å². The molecule has 9 heteroatoms. The van der Waals surface area contributed by atoms with Gasteiger partial charge in [0, 0.05) is 11.1 Å². The summed E-state index contributed by atoms with van der Waals surface area (Å²) in [7, 11) is 0. The molecule has 0 unspecified atom stereocenters. The zero-order valence-electron chi connectivity index (χ0n) is 13.9. The SMILES string of the molecule is C[C@H](NC(=O)c1cccc(F)c1)c1nc(-c2cccc(C(F)(F)F)c2)no1. The highest BCUT2D eigenvalue weighted by Crippen LogP contribution is 2.31. The molecule has 3 aromatic rings. The molecule has 1 N–H and O–H groups in total. The molecule has 27 heavy (non-hydrogen) atoms. The molecule has 0 spiro atoms. The second-order valence-electron chi connectivity index (χ2n) is 5.74. The molecule has 1 aromatic heterocycles.